The first kappa shape index (κ1) is 17.2. The van der Waals surface area contributed by atoms with Gasteiger partial charge in [-0.05, 0) is 37.8 Å². The number of anilines is 1. The van der Waals surface area contributed by atoms with E-state index in [-0.39, 0.29) is 5.41 Å². The highest BCUT2D eigenvalue weighted by molar-refractivity contribution is 5.90. The number of amides is 1. The summed E-state index contributed by atoms with van der Waals surface area (Å²) in [5, 5.41) is 1.04. The van der Waals surface area contributed by atoms with Gasteiger partial charge in [-0.25, -0.2) is 9.97 Å². The molecule has 28 heavy (non-hydrogen) atoms. The zero-order chi connectivity index (χ0) is 19.1. The molecule has 1 spiro atoms. The molecule has 144 valence electrons. The van der Waals surface area contributed by atoms with E-state index in [1.807, 2.05) is 25.3 Å². The minimum absolute atomic E-state index is 0.252. The number of aryl methyl sites for hydroxylation is 1. The van der Waals surface area contributed by atoms with Gasteiger partial charge in [0.05, 0.1) is 10.8 Å². The Morgan fingerprint density at radius 1 is 1.11 bits per heavy atom. The van der Waals surface area contributed by atoms with E-state index in [0.717, 1.165) is 68.1 Å². The van der Waals surface area contributed by atoms with Crippen LogP contribution in [0.15, 0.2) is 42.6 Å². The molecule has 3 aromatic rings. The summed E-state index contributed by atoms with van der Waals surface area (Å²) < 4.78 is 0. The fraction of sp³-hybridized carbons (Fsp3) is 0.409. The number of carbonyl (C=O) groups is 1. The molecule has 5 rings (SSSR count). The Morgan fingerprint density at radius 3 is 2.79 bits per heavy atom. The molecule has 2 fully saturated rings. The monoisotopic (exact) mass is 375 g/mol. The van der Waals surface area contributed by atoms with Crippen molar-refractivity contribution in [2.45, 2.75) is 26.2 Å². The quantitative estimate of drug-likeness (QED) is 0.761. The number of nitrogens with one attached hydrogen (secondary N) is 1. The second-order valence-corrected chi connectivity index (χ2v) is 8.06. The summed E-state index contributed by atoms with van der Waals surface area (Å²) in [6.45, 7) is 5.21. The molecule has 0 radical (unpaired) electrons. The predicted molar refractivity (Wildman–Crippen MR) is 109 cm³/mol. The summed E-state index contributed by atoms with van der Waals surface area (Å²) in [5.41, 5.74) is 1.90. The number of H-pyrrole nitrogens is 1. The van der Waals surface area contributed by atoms with Crippen molar-refractivity contribution in [3.05, 3.63) is 54.0 Å². The van der Waals surface area contributed by atoms with Gasteiger partial charge in [-0.3, -0.25) is 4.79 Å². The Labute approximate surface area is 164 Å². The van der Waals surface area contributed by atoms with Crippen LogP contribution in [0.5, 0.6) is 0 Å². The first-order valence-electron chi connectivity index (χ1n) is 10.0. The van der Waals surface area contributed by atoms with Crippen LogP contribution in [0.25, 0.3) is 11.0 Å². The Hall–Kier alpha value is -2.89. The summed E-state index contributed by atoms with van der Waals surface area (Å²) in [7, 11) is 0. The lowest BCUT2D eigenvalue weighted by Crippen LogP contribution is -2.38. The first-order chi connectivity index (χ1) is 13.6. The first-order valence-corrected chi connectivity index (χ1v) is 10.0. The maximum atomic E-state index is 13.3. The number of fused-ring (bicyclic) bond motifs is 1. The number of hydrogen-bond acceptors (Lipinski definition) is 4. The zero-order valence-corrected chi connectivity index (χ0v) is 16.2. The predicted octanol–water partition coefficient (Wildman–Crippen LogP) is 2.94. The highest BCUT2D eigenvalue weighted by atomic mass is 16.2. The van der Waals surface area contributed by atoms with E-state index >= 15 is 0 Å². The van der Waals surface area contributed by atoms with E-state index in [2.05, 4.69) is 44.0 Å². The molecule has 1 unspecified atom stereocenters. The minimum atomic E-state index is -0.252. The molecule has 2 aliphatic heterocycles. The average molecular weight is 375 g/mol. The van der Waals surface area contributed by atoms with Crippen LogP contribution in [-0.2, 0) is 11.2 Å². The number of aromatic nitrogens is 3. The molecule has 0 bridgehead atoms. The maximum Gasteiger partial charge on any atom is 0.230 e. The Balaban J connectivity index is 1.32. The molecule has 2 aromatic heterocycles. The summed E-state index contributed by atoms with van der Waals surface area (Å²) in [6, 6.07) is 12.4. The number of aromatic amines is 1. The number of hydrogen-bond donors (Lipinski definition) is 1. The highest BCUT2D eigenvalue weighted by Gasteiger charge is 2.50. The number of nitrogens with zero attached hydrogens (tertiary/aromatic N) is 4. The number of benzene rings is 1. The molecular formula is C22H25N5O. The molecule has 6 heteroatoms. The van der Waals surface area contributed by atoms with Gasteiger partial charge < -0.3 is 14.8 Å². The lowest BCUT2D eigenvalue weighted by atomic mass is 9.85. The lowest BCUT2D eigenvalue weighted by Gasteiger charge is -2.24. The number of likely N-dealkylation sites (tertiary alicyclic amines) is 1. The molecule has 1 atom stereocenters. The van der Waals surface area contributed by atoms with Crippen LogP contribution in [0.4, 0.5) is 5.82 Å². The number of carbonyl (C=O) groups excluding carboxylic acids is 1. The zero-order valence-electron chi connectivity index (χ0n) is 16.2. The van der Waals surface area contributed by atoms with Gasteiger partial charge in [-0.1, -0.05) is 30.3 Å². The van der Waals surface area contributed by atoms with Crippen molar-refractivity contribution in [3.63, 3.8) is 0 Å². The summed E-state index contributed by atoms with van der Waals surface area (Å²) in [6.07, 6.45) is 4.67. The third-order valence-electron chi connectivity index (χ3n) is 6.28. The Kier molecular flexibility index (Phi) is 4.07. The number of rotatable bonds is 4. The van der Waals surface area contributed by atoms with Gasteiger partial charge in [0.15, 0.2) is 0 Å². The molecule has 0 saturated carbocycles. The van der Waals surface area contributed by atoms with Crippen molar-refractivity contribution in [1.82, 2.24) is 19.9 Å². The van der Waals surface area contributed by atoms with Gasteiger partial charge >= 0.3 is 0 Å². The normalized spacial score (nSPS) is 22.1. The van der Waals surface area contributed by atoms with Crippen molar-refractivity contribution in [1.29, 1.82) is 0 Å². The summed E-state index contributed by atoms with van der Waals surface area (Å²) >= 11 is 0. The second kappa shape index (κ2) is 6.62. The largest absolute Gasteiger partial charge is 0.355 e. The smallest absolute Gasteiger partial charge is 0.230 e. The molecule has 1 aromatic carbocycles. The standard InChI is InChI=1S/C22H25N5O/c1-16-24-19-18(7-11-23-19)20(25-16)27-14-10-22(15-27)9-13-26(21(22)28)12-8-17-5-3-2-4-6-17/h2-7,11H,8-10,12-15H2,1H3,(H,23,24,25). The Bertz CT molecular complexity index is 1010. The third-order valence-corrected chi connectivity index (χ3v) is 6.28. The van der Waals surface area contributed by atoms with E-state index in [4.69, 9.17) is 4.98 Å². The van der Waals surface area contributed by atoms with Crippen LogP contribution in [0.2, 0.25) is 0 Å². The van der Waals surface area contributed by atoms with Gasteiger partial charge in [0.2, 0.25) is 5.91 Å². The van der Waals surface area contributed by atoms with E-state index < -0.39 is 0 Å². The SMILES string of the molecule is Cc1nc(N2CCC3(CCN(CCc4ccccc4)C3=O)C2)c2cc[nH]c2n1. The molecule has 1 N–H and O–H groups in total. The molecule has 6 nitrogen and oxygen atoms in total. The van der Waals surface area contributed by atoms with Crippen LogP contribution < -0.4 is 4.90 Å². The molecule has 0 aliphatic carbocycles. The van der Waals surface area contributed by atoms with Crippen molar-refractivity contribution >= 4 is 22.8 Å². The van der Waals surface area contributed by atoms with Gasteiger partial charge in [0.1, 0.15) is 17.3 Å². The van der Waals surface area contributed by atoms with Crippen molar-refractivity contribution < 1.29 is 4.79 Å². The maximum absolute atomic E-state index is 13.3. The van der Waals surface area contributed by atoms with Crippen molar-refractivity contribution in [3.8, 4) is 0 Å². The van der Waals surface area contributed by atoms with Gasteiger partial charge in [0, 0.05) is 32.4 Å². The topological polar surface area (TPSA) is 65.1 Å². The lowest BCUT2D eigenvalue weighted by molar-refractivity contribution is -0.135. The fourth-order valence-electron chi connectivity index (χ4n) is 4.72. The Morgan fingerprint density at radius 2 is 1.93 bits per heavy atom. The summed E-state index contributed by atoms with van der Waals surface area (Å²) in [4.78, 5) is 30.0. The minimum Gasteiger partial charge on any atom is -0.355 e. The van der Waals surface area contributed by atoms with Gasteiger partial charge in [0.25, 0.3) is 0 Å². The van der Waals surface area contributed by atoms with Crippen molar-refractivity contribution in [2.75, 3.05) is 31.1 Å². The van der Waals surface area contributed by atoms with E-state index in [1.54, 1.807) is 0 Å². The summed E-state index contributed by atoms with van der Waals surface area (Å²) in [5.74, 6) is 2.03. The van der Waals surface area contributed by atoms with E-state index in [1.165, 1.54) is 5.56 Å². The highest BCUT2D eigenvalue weighted by Crippen LogP contribution is 2.42. The van der Waals surface area contributed by atoms with Crippen LogP contribution in [0.3, 0.4) is 0 Å². The van der Waals surface area contributed by atoms with Crippen molar-refractivity contribution in [2.24, 2.45) is 5.41 Å². The van der Waals surface area contributed by atoms with E-state index in [9.17, 15) is 4.79 Å². The molecule has 2 saturated heterocycles. The van der Waals surface area contributed by atoms with Gasteiger partial charge in [-0.2, -0.15) is 0 Å². The average Bonchev–Trinajstić information content (AvgIpc) is 3.42. The van der Waals surface area contributed by atoms with Crippen LogP contribution >= 0.6 is 0 Å². The van der Waals surface area contributed by atoms with Gasteiger partial charge in [-0.15, -0.1) is 0 Å². The third kappa shape index (κ3) is 2.84. The fourth-order valence-corrected chi connectivity index (χ4v) is 4.72. The second-order valence-electron chi connectivity index (χ2n) is 8.06. The molecule has 4 heterocycles. The molecule has 2 aliphatic rings. The molecule has 1 amide bonds. The van der Waals surface area contributed by atoms with E-state index in [0.29, 0.717) is 5.91 Å². The van der Waals surface area contributed by atoms with Crippen LogP contribution in [0.1, 0.15) is 24.2 Å². The van der Waals surface area contributed by atoms with Crippen LogP contribution in [-0.4, -0.2) is 51.9 Å². The molecular weight excluding hydrogens is 350 g/mol. The van der Waals surface area contributed by atoms with Crippen LogP contribution in [0, 0.1) is 12.3 Å².